The molecule has 41 heavy (non-hydrogen) atoms. The Morgan fingerprint density at radius 1 is 0.878 bits per heavy atom. The summed E-state index contributed by atoms with van der Waals surface area (Å²) < 4.78 is 11.8. The second kappa shape index (κ2) is 14.0. The number of allylic oxidation sites excluding steroid dienone is 1. The Morgan fingerprint density at radius 2 is 1.41 bits per heavy atom. The Balaban J connectivity index is 1.58. The maximum absolute atomic E-state index is 13.7. The van der Waals surface area contributed by atoms with Crippen molar-refractivity contribution in [3.8, 4) is 0 Å². The van der Waals surface area contributed by atoms with E-state index in [9.17, 15) is 19.2 Å². The van der Waals surface area contributed by atoms with Crippen LogP contribution in [0.1, 0.15) is 36.6 Å². The number of carbonyl (C=O) groups is 4. The normalized spacial score (nSPS) is 16.1. The molecule has 2 atom stereocenters. The summed E-state index contributed by atoms with van der Waals surface area (Å²) in [5, 5.41) is 2.77. The van der Waals surface area contributed by atoms with Crippen LogP contribution in [-0.4, -0.2) is 52.7 Å². The monoisotopic (exact) mass is 618 g/mol. The van der Waals surface area contributed by atoms with Crippen LogP contribution in [0.5, 0.6) is 0 Å². The van der Waals surface area contributed by atoms with E-state index in [1.165, 1.54) is 4.90 Å². The highest BCUT2D eigenvalue weighted by Gasteiger charge is 2.53. The first-order valence-corrected chi connectivity index (χ1v) is 14.3. The molecule has 1 aliphatic rings. The van der Waals surface area contributed by atoms with E-state index in [0.717, 1.165) is 16.7 Å². The third kappa shape index (κ3) is 7.36. The summed E-state index contributed by atoms with van der Waals surface area (Å²) >= 11 is 3.11. The van der Waals surface area contributed by atoms with Crippen LogP contribution in [0.25, 0.3) is 0 Å². The van der Waals surface area contributed by atoms with Gasteiger partial charge in [0.25, 0.3) is 5.91 Å². The van der Waals surface area contributed by atoms with Gasteiger partial charge in [0.1, 0.15) is 12.3 Å². The summed E-state index contributed by atoms with van der Waals surface area (Å²) in [5.41, 5.74) is 2.81. The summed E-state index contributed by atoms with van der Waals surface area (Å²) in [4.78, 5) is 53.2. The molecule has 2 amide bonds. The molecule has 1 aliphatic heterocycles. The van der Waals surface area contributed by atoms with Crippen molar-refractivity contribution in [3.63, 3.8) is 0 Å². The quantitative estimate of drug-likeness (QED) is 0.139. The largest absolute Gasteiger partial charge is 0.448 e. The van der Waals surface area contributed by atoms with Gasteiger partial charge in [-0.2, -0.15) is 0 Å². The molecule has 1 N–H and O–H groups in total. The molecule has 4 rings (SSSR count). The number of ether oxygens (including phenoxy) is 2. The molecule has 0 radical (unpaired) electrons. The minimum absolute atomic E-state index is 0.00304. The van der Waals surface area contributed by atoms with Crippen molar-refractivity contribution >= 4 is 39.5 Å². The van der Waals surface area contributed by atoms with E-state index in [4.69, 9.17) is 9.47 Å². The fourth-order valence-corrected chi connectivity index (χ4v) is 4.68. The van der Waals surface area contributed by atoms with Crippen LogP contribution in [0.15, 0.2) is 102 Å². The van der Waals surface area contributed by atoms with Crippen molar-refractivity contribution in [2.24, 2.45) is 0 Å². The van der Waals surface area contributed by atoms with E-state index >= 15 is 0 Å². The van der Waals surface area contributed by atoms with Gasteiger partial charge in [0.2, 0.25) is 5.91 Å². The SMILES string of the molecule is CC(C)=C(C(=O)OC(c1ccccc1)c1ccccc1)N1C(=O)C(NC(=O)Cc2ccccc2)[C@@H]1OCC(=O)CBr. The number of rotatable bonds is 12. The number of Topliss-reactive ketones (excluding diaryl/α,β-unsaturated/α-hetero) is 1. The van der Waals surface area contributed by atoms with E-state index in [-0.39, 0.29) is 35.7 Å². The van der Waals surface area contributed by atoms with Gasteiger partial charge in [-0.3, -0.25) is 19.3 Å². The average molecular weight is 620 g/mol. The summed E-state index contributed by atoms with van der Waals surface area (Å²) in [7, 11) is 0. The van der Waals surface area contributed by atoms with Crippen molar-refractivity contribution in [1.82, 2.24) is 10.2 Å². The number of β-lactam (4-membered cyclic amide) rings is 1. The minimum Gasteiger partial charge on any atom is -0.448 e. The van der Waals surface area contributed by atoms with Crippen LogP contribution in [-0.2, 0) is 35.1 Å². The van der Waals surface area contributed by atoms with Crippen LogP contribution >= 0.6 is 15.9 Å². The number of ketones is 1. The molecule has 0 bridgehead atoms. The maximum Gasteiger partial charge on any atom is 0.356 e. The lowest BCUT2D eigenvalue weighted by Gasteiger charge is -2.47. The molecular formula is C32H31BrN2O6. The molecule has 212 valence electrons. The number of esters is 1. The number of hydrogen-bond donors (Lipinski definition) is 1. The first-order chi connectivity index (χ1) is 19.8. The number of hydrogen-bond acceptors (Lipinski definition) is 6. The zero-order valence-electron chi connectivity index (χ0n) is 22.8. The maximum atomic E-state index is 13.7. The molecule has 9 heteroatoms. The molecule has 0 spiro atoms. The molecule has 3 aromatic carbocycles. The summed E-state index contributed by atoms with van der Waals surface area (Å²) in [5.74, 6) is -1.91. The van der Waals surface area contributed by atoms with Gasteiger partial charge in [-0.15, -0.1) is 0 Å². The van der Waals surface area contributed by atoms with Crippen molar-refractivity contribution < 1.29 is 28.7 Å². The smallest absolute Gasteiger partial charge is 0.356 e. The molecule has 3 aromatic rings. The molecule has 0 aliphatic carbocycles. The van der Waals surface area contributed by atoms with Gasteiger partial charge >= 0.3 is 5.97 Å². The van der Waals surface area contributed by atoms with E-state index in [1.54, 1.807) is 13.8 Å². The van der Waals surface area contributed by atoms with Gasteiger partial charge < -0.3 is 14.8 Å². The molecule has 8 nitrogen and oxygen atoms in total. The first kappa shape index (κ1) is 29.9. The van der Waals surface area contributed by atoms with Gasteiger partial charge in [0, 0.05) is 0 Å². The Labute approximate surface area is 247 Å². The van der Waals surface area contributed by atoms with Crippen molar-refractivity contribution in [2.45, 2.75) is 38.6 Å². The zero-order chi connectivity index (χ0) is 29.4. The second-order valence-electron chi connectivity index (χ2n) is 9.74. The van der Waals surface area contributed by atoms with Crippen molar-refractivity contribution in [3.05, 3.63) is 119 Å². The molecule has 0 saturated carbocycles. The lowest BCUT2D eigenvalue weighted by atomic mass is 9.99. The third-order valence-corrected chi connectivity index (χ3v) is 7.09. The molecule has 1 unspecified atom stereocenters. The standard InChI is InChI=1S/C32H31BrN2O6/c1-21(2)28(32(39)41-29(23-14-8-4-9-15-23)24-16-10-5-11-17-24)35-30(38)27(31(35)40-20-25(36)19-33)34-26(37)18-22-12-6-3-7-13-22/h3-17,27,29,31H,18-20H2,1-2H3,(H,34,37)/t27?,31-/m0/s1. The number of likely N-dealkylation sites (tertiary alicyclic amines) is 1. The van der Waals surface area contributed by atoms with E-state index in [2.05, 4.69) is 21.2 Å². The van der Waals surface area contributed by atoms with Crippen LogP contribution in [0.3, 0.4) is 0 Å². The van der Waals surface area contributed by atoms with E-state index in [1.807, 2.05) is 91.0 Å². The highest BCUT2D eigenvalue weighted by Crippen LogP contribution is 2.33. The zero-order valence-corrected chi connectivity index (χ0v) is 24.4. The topological polar surface area (TPSA) is 102 Å². The van der Waals surface area contributed by atoms with Crippen molar-refractivity contribution in [1.29, 1.82) is 0 Å². The Hall–Kier alpha value is -4.08. The van der Waals surface area contributed by atoms with Crippen LogP contribution in [0, 0.1) is 0 Å². The number of nitrogens with one attached hydrogen (secondary N) is 1. The highest BCUT2D eigenvalue weighted by molar-refractivity contribution is 9.09. The summed E-state index contributed by atoms with van der Waals surface area (Å²) in [6, 6.07) is 26.6. The average Bonchev–Trinajstić information content (AvgIpc) is 2.99. The number of benzene rings is 3. The predicted molar refractivity (Wildman–Crippen MR) is 157 cm³/mol. The number of halogens is 1. The molecule has 1 fully saturated rings. The first-order valence-electron chi connectivity index (χ1n) is 13.1. The predicted octanol–water partition coefficient (Wildman–Crippen LogP) is 4.49. The van der Waals surface area contributed by atoms with Crippen LogP contribution in [0.4, 0.5) is 0 Å². The Kier molecular flexibility index (Phi) is 10.2. The molecule has 1 heterocycles. The van der Waals surface area contributed by atoms with Gasteiger partial charge in [-0.25, -0.2) is 4.79 Å². The second-order valence-corrected chi connectivity index (χ2v) is 10.3. The lowest BCUT2D eigenvalue weighted by Crippen LogP contribution is -2.72. The van der Waals surface area contributed by atoms with Gasteiger partial charge in [0.05, 0.1) is 11.8 Å². The summed E-state index contributed by atoms with van der Waals surface area (Å²) in [6.07, 6.45) is -1.74. The molecule has 1 saturated heterocycles. The van der Waals surface area contributed by atoms with Crippen LogP contribution < -0.4 is 5.32 Å². The lowest BCUT2D eigenvalue weighted by molar-refractivity contribution is -0.183. The summed E-state index contributed by atoms with van der Waals surface area (Å²) in [6.45, 7) is 3.06. The molecule has 0 aromatic heterocycles. The fourth-order valence-electron chi connectivity index (χ4n) is 4.52. The minimum atomic E-state index is -1.07. The van der Waals surface area contributed by atoms with E-state index < -0.39 is 30.3 Å². The van der Waals surface area contributed by atoms with Gasteiger partial charge in [0.15, 0.2) is 24.2 Å². The van der Waals surface area contributed by atoms with Gasteiger partial charge in [-0.05, 0) is 36.1 Å². The van der Waals surface area contributed by atoms with Gasteiger partial charge in [-0.1, -0.05) is 107 Å². The Morgan fingerprint density at radius 3 is 1.93 bits per heavy atom. The van der Waals surface area contributed by atoms with Crippen LogP contribution in [0.2, 0.25) is 0 Å². The number of nitrogens with zero attached hydrogens (tertiary/aromatic N) is 1. The fraction of sp³-hybridized carbons (Fsp3) is 0.250. The molecular weight excluding hydrogens is 588 g/mol. The number of amides is 2. The number of alkyl halides is 1. The highest BCUT2D eigenvalue weighted by atomic mass is 79.9. The van der Waals surface area contributed by atoms with E-state index in [0.29, 0.717) is 5.57 Å². The Bertz CT molecular complexity index is 1370. The third-order valence-electron chi connectivity index (χ3n) is 6.47. The van der Waals surface area contributed by atoms with Crippen molar-refractivity contribution in [2.75, 3.05) is 11.9 Å². The number of carbonyl (C=O) groups excluding carboxylic acids is 4.